The van der Waals surface area contributed by atoms with Gasteiger partial charge < -0.3 is 5.32 Å². The molecule has 0 aromatic carbocycles. The first-order valence-corrected chi connectivity index (χ1v) is 4.97. The highest BCUT2D eigenvalue weighted by atomic mass is 35.5. The second-order valence-corrected chi connectivity index (χ2v) is 3.40. The number of rotatable bonds is 2. The molecule has 1 N–H and O–H groups in total. The summed E-state index contributed by atoms with van der Waals surface area (Å²) >= 11 is 5.81. The predicted molar refractivity (Wildman–Crippen MR) is 61.4 cm³/mol. The number of hydrogen-bond donors (Lipinski definition) is 1. The van der Waals surface area contributed by atoms with Gasteiger partial charge in [-0.25, -0.2) is 4.98 Å². The molecule has 0 radical (unpaired) electrons. The van der Waals surface area contributed by atoms with Crippen molar-refractivity contribution in [1.29, 1.82) is 0 Å². The largest absolute Gasteiger partial charge is 0.319 e. The maximum atomic E-state index is 11.7. The Morgan fingerprint density at radius 3 is 2.75 bits per heavy atom. The number of anilines is 1. The summed E-state index contributed by atoms with van der Waals surface area (Å²) in [4.78, 5) is 19.5. The maximum absolute atomic E-state index is 11.7. The molecule has 80 valence electrons. The fourth-order valence-electron chi connectivity index (χ4n) is 1.17. The highest BCUT2D eigenvalue weighted by molar-refractivity contribution is 6.32. The molecule has 2 heterocycles. The first kappa shape index (κ1) is 10.6. The smallest absolute Gasteiger partial charge is 0.257 e. The molecular weight excluding hydrogens is 226 g/mol. The number of nitrogens with one attached hydrogen (secondary N) is 1. The molecule has 2 rings (SSSR count). The molecule has 0 saturated heterocycles. The molecule has 2 aromatic heterocycles. The number of hydrogen-bond acceptors (Lipinski definition) is 3. The summed E-state index contributed by atoms with van der Waals surface area (Å²) in [5, 5.41) is 2.92. The lowest BCUT2D eigenvalue weighted by molar-refractivity contribution is 0.102. The SMILES string of the molecule is O=C(Nc1cccnc1Cl)c1cccnc1. The van der Waals surface area contributed by atoms with Gasteiger partial charge in [-0.05, 0) is 24.3 Å². The zero-order valence-corrected chi connectivity index (χ0v) is 8.98. The number of carbonyl (C=O) groups is 1. The Morgan fingerprint density at radius 1 is 1.25 bits per heavy atom. The lowest BCUT2D eigenvalue weighted by Gasteiger charge is -2.05. The van der Waals surface area contributed by atoms with E-state index in [9.17, 15) is 4.79 Å². The van der Waals surface area contributed by atoms with Gasteiger partial charge in [0.1, 0.15) is 0 Å². The third-order valence-corrected chi connectivity index (χ3v) is 2.23. The van der Waals surface area contributed by atoms with Gasteiger partial charge in [0.2, 0.25) is 0 Å². The van der Waals surface area contributed by atoms with Gasteiger partial charge in [-0.1, -0.05) is 11.6 Å². The second-order valence-electron chi connectivity index (χ2n) is 3.04. The molecule has 16 heavy (non-hydrogen) atoms. The van der Waals surface area contributed by atoms with E-state index >= 15 is 0 Å². The molecule has 0 saturated carbocycles. The van der Waals surface area contributed by atoms with Crippen molar-refractivity contribution < 1.29 is 4.79 Å². The van der Waals surface area contributed by atoms with Gasteiger partial charge in [0.25, 0.3) is 5.91 Å². The van der Waals surface area contributed by atoms with Crippen molar-refractivity contribution in [2.45, 2.75) is 0 Å². The Kier molecular flexibility index (Phi) is 3.12. The molecule has 0 aliphatic rings. The summed E-state index contributed by atoms with van der Waals surface area (Å²) in [5.74, 6) is -0.261. The molecule has 0 bridgehead atoms. The number of nitrogens with zero attached hydrogens (tertiary/aromatic N) is 2. The summed E-state index contributed by atoms with van der Waals surface area (Å²) in [6, 6.07) is 6.75. The van der Waals surface area contributed by atoms with Crippen LogP contribution in [0.4, 0.5) is 5.69 Å². The molecule has 0 spiro atoms. The summed E-state index contributed by atoms with van der Waals surface area (Å²) in [5.41, 5.74) is 0.959. The van der Waals surface area contributed by atoms with Crippen LogP contribution in [-0.4, -0.2) is 15.9 Å². The molecule has 0 unspecified atom stereocenters. The minimum absolute atomic E-state index is 0.261. The van der Waals surface area contributed by atoms with Crippen LogP contribution in [0.15, 0.2) is 42.9 Å². The van der Waals surface area contributed by atoms with E-state index < -0.39 is 0 Å². The van der Waals surface area contributed by atoms with Gasteiger partial charge in [-0.2, -0.15) is 0 Å². The van der Waals surface area contributed by atoms with E-state index in [-0.39, 0.29) is 11.1 Å². The summed E-state index contributed by atoms with van der Waals surface area (Å²) in [7, 11) is 0. The molecule has 2 aromatic rings. The van der Waals surface area contributed by atoms with Crippen LogP contribution < -0.4 is 5.32 Å². The van der Waals surface area contributed by atoms with Gasteiger partial charge in [-0.3, -0.25) is 9.78 Å². The van der Waals surface area contributed by atoms with Crippen LogP contribution >= 0.6 is 11.6 Å². The summed E-state index contributed by atoms with van der Waals surface area (Å²) in [6.45, 7) is 0. The van der Waals surface area contributed by atoms with Crippen LogP contribution in [0.1, 0.15) is 10.4 Å². The third-order valence-electron chi connectivity index (χ3n) is 1.93. The minimum atomic E-state index is -0.261. The lowest BCUT2D eigenvalue weighted by Crippen LogP contribution is -2.12. The number of halogens is 1. The van der Waals surface area contributed by atoms with E-state index in [2.05, 4.69) is 15.3 Å². The van der Waals surface area contributed by atoms with Crippen LogP contribution in [-0.2, 0) is 0 Å². The predicted octanol–water partition coefficient (Wildman–Crippen LogP) is 2.38. The van der Waals surface area contributed by atoms with E-state index in [0.29, 0.717) is 11.3 Å². The van der Waals surface area contributed by atoms with Crippen molar-refractivity contribution in [3.05, 3.63) is 53.6 Å². The van der Waals surface area contributed by atoms with Crippen molar-refractivity contribution in [1.82, 2.24) is 9.97 Å². The zero-order chi connectivity index (χ0) is 11.4. The Labute approximate surface area is 97.3 Å². The van der Waals surface area contributed by atoms with E-state index in [0.717, 1.165) is 0 Å². The number of pyridine rings is 2. The van der Waals surface area contributed by atoms with Crippen molar-refractivity contribution in [2.24, 2.45) is 0 Å². The van der Waals surface area contributed by atoms with Crippen molar-refractivity contribution in [3.63, 3.8) is 0 Å². The van der Waals surface area contributed by atoms with Crippen molar-refractivity contribution >= 4 is 23.2 Å². The second kappa shape index (κ2) is 4.72. The van der Waals surface area contributed by atoms with Gasteiger partial charge in [0, 0.05) is 18.6 Å². The topological polar surface area (TPSA) is 54.9 Å². The first-order chi connectivity index (χ1) is 7.77. The Bertz CT molecular complexity index is 502. The highest BCUT2D eigenvalue weighted by Gasteiger charge is 2.07. The first-order valence-electron chi connectivity index (χ1n) is 4.59. The van der Waals surface area contributed by atoms with Crippen LogP contribution in [0.3, 0.4) is 0 Å². The Balaban J connectivity index is 2.18. The zero-order valence-electron chi connectivity index (χ0n) is 8.22. The van der Waals surface area contributed by atoms with Crippen LogP contribution in [0.25, 0.3) is 0 Å². The number of carbonyl (C=O) groups excluding carboxylic acids is 1. The summed E-state index contributed by atoms with van der Waals surface area (Å²) < 4.78 is 0. The average Bonchev–Trinajstić information content (AvgIpc) is 2.33. The van der Waals surface area contributed by atoms with Crippen LogP contribution in [0.5, 0.6) is 0 Å². The maximum Gasteiger partial charge on any atom is 0.257 e. The molecule has 0 aliphatic heterocycles. The molecule has 0 aliphatic carbocycles. The van der Waals surface area contributed by atoms with Gasteiger partial charge in [0.15, 0.2) is 5.15 Å². The molecule has 5 heteroatoms. The highest BCUT2D eigenvalue weighted by Crippen LogP contribution is 2.18. The number of amides is 1. The minimum Gasteiger partial charge on any atom is -0.319 e. The van der Waals surface area contributed by atoms with Crippen molar-refractivity contribution in [2.75, 3.05) is 5.32 Å². The van der Waals surface area contributed by atoms with Crippen LogP contribution in [0, 0.1) is 0 Å². The Hall–Kier alpha value is -1.94. The standard InChI is InChI=1S/C11H8ClN3O/c12-10-9(4-2-6-14-10)15-11(16)8-3-1-5-13-7-8/h1-7H,(H,15,16). The molecule has 0 fully saturated rings. The monoisotopic (exact) mass is 233 g/mol. The molecular formula is C11H8ClN3O. The third kappa shape index (κ3) is 2.35. The normalized spacial score (nSPS) is 9.81. The number of aromatic nitrogens is 2. The van der Waals surface area contributed by atoms with Gasteiger partial charge >= 0.3 is 0 Å². The van der Waals surface area contributed by atoms with E-state index in [1.165, 1.54) is 6.20 Å². The molecule has 0 atom stereocenters. The van der Waals surface area contributed by atoms with Crippen LogP contribution in [0.2, 0.25) is 5.15 Å². The average molecular weight is 234 g/mol. The van der Waals surface area contributed by atoms with Gasteiger partial charge in [0.05, 0.1) is 11.3 Å². The summed E-state index contributed by atoms with van der Waals surface area (Å²) in [6.07, 6.45) is 4.65. The van der Waals surface area contributed by atoms with E-state index in [4.69, 9.17) is 11.6 Å². The van der Waals surface area contributed by atoms with Crippen molar-refractivity contribution in [3.8, 4) is 0 Å². The van der Waals surface area contributed by atoms with Gasteiger partial charge in [-0.15, -0.1) is 0 Å². The van der Waals surface area contributed by atoms with E-state index in [1.807, 2.05) is 0 Å². The van der Waals surface area contributed by atoms with E-state index in [1.54, 1.807) is 36.7 Å². The fourth-order valence-corrected chi connectivity index (χ4v) is 1.34. The molecule has 1 amide bonds. The quantitative estimate of drug-likeness (QED) is 0.811. The Morgan fingerprint density at radius 2 is 2.06 bits per heavy atom. The fraction of sp³-hybridized carbons (Fsp3) is 0. The molecule has 4 nitrogen and oxygen atoms in total. The lowest BCUT2D eigenvalue weighted by atomic mass is 10.2.